The summed E-state index contributed by atoms with van der Waals surface area (Å²) in [6, 6.07) is 0. The first-order valence-corrected chi connectivity index (χ1v) is 11.8. The van der Waals surface area contributed by atoms with Gasteiger partial charge in [-0.05, 0) is 6.42 Å². The largest absolute Gasteiger partial charge is 1.00 e. The Kier molecular flexibility index (Phi) is 19.9. The molecule has 2 aliphatic heterocycles. The monoisotopic (exact) mass is 570 g/mol. The van der Waals surface area contributed by atoms with Crippen LogP contribution in [-0.4, -0.2) is 135 Å². The van der Waals surface area contributed by atoms with E-state index in [-0.39, 0.29) is 92.1 Å². The van der Waals surface area contributed by atoms with Gasteiger partial charge in [0.15, 0.2) is 0 Å². The van der Waals surface area contributed by atoms with Crippen LogP contribution in [0.15, 0.2) is 0 Å². The molecule has 2 saturated heterocycles. The van der Waals surface area contributed by atoms with Crippen LogP contribution < -0.4 is 69.3 Å². The predicted molar refractivity (Wildman–Crippen MR) is 113 cm³/mol. The maximum atomic E-state index is 10.7. The first-order chi connectivity index (χ1) is 17.1. The summed E-state index contributed by atoms with van der Waals surface area (Å²) in [7, 11) is 1.39. The first-order valence-electron chi connectivity index (χ1n) is 11.8. The van der Waals surface area contributed by atoms with Gasteiger partial charge in [-0.15, -0.1) is 0 Å². The molecule has 2 rings (SSSR count). The van der Waals surface area contributed by atoms with Crippen LogP contribution >= 0.6 is 0 Å². The summed E-state index contributed by atoms with van der Waals surface area (Å²) >= 11 is 0. The van der Waals surface area contributed by atoms with Gasteiger partial charge in [-0.3, -0.25) is 0 Å². The van der Waals surface area contributed by atoms with E-state index in [0.29, 0.717) is 6.42 Å². The summed E-state index contributed by atoms with van der Waals surface area (Å²) in [5, 5.41) is 63.4. The number of aliphatic hydroxyl groups is 4. The van der Waals surface area contributed by atoms with E-state index in [4.69, 9.17) is 28.4 Å². The molecular formula is C22H36Na2O14. The van der Waals surface area contributed by atoms with Crippen molar-refractivity contribution in [1.29, 1.82) is 0 Å². The summed E-state index contributed by atoms with van der Waals surface area (Å²) < 4.78 is 32.3. The number of carbonyl (C=O) groups excluding carboxylic acids is 2. The molecule has 16 heteroatoms. The third-order valence-electron chi connectivity index (χ3n) is 6.39. The molecule has 0 aromatic rings. The van der Waals surface area contributed by atoms with E-state index >= 15 is 0 Å². The van der Waals surface area contributed by atoms with Crippen LogP contribution in [0.1, 0.15) is 13.3 Å². The molecule has 210 valence electrons. The molecule has 0 spiro atoms. The number of ether oxygens (including phenoxy) is 6. The van der Waals surface area contributed by atoms with Gasteiger partial charge in [0.05, 0.1) is 82.6 Å². The first kappa shape index (κ1) is 38.5. The molecule has 0 aromatic heterocycles. The Hall–Kier alpha value is 0.540. The fourth-order valence-corrected chi connectivity index (χ4v) is 4.51. The van der Waals surface area contributed by atoms with Gasteiger partial charge in [0.1, 0.15) is 24.4 Å². The second kappa shape index (κ2) is 19.6. The normalized spacial score (nSPS) is 35.1. The Morgan fingerprint density at radius 3 is 1.53 bits per heavy atom. The van der Waals surface area contributed by atoms with Gasteiger partial charge in [-0.25, -0.2) is 0 Å². The molecule has 2 aliphatic rings. The van der Waals surface area contributed by atoms with Gasteiger partial charge in [-0.2, -0.15) is 0 Å². The Bertz CT molecular complexity index is 688. The van der Waals surface area contributed by atoms with Crippen molar-refractivity contribution in [1.82, 2.24) is 0 Å². The van der Waals surface area contributed by atoms with Crippen molar-refractivity contribution in [3.05, 3.63) is 0 Å². The van der Waals surface area contributed by atoms with Gasteiger partial charge in [-0.1, -0.05) is 6.92 Å². The average Bonchev–Trinajstić information content (AvgIpc) is 2.81. The second-order valence-corrected chi connectivity index (χ2v) is 8.89. The maximum Gasteiger partial charge on any atom is 1.00 e. The molecule has 0 radical (unpaired) electrons. The number of methoxy groups -OCH3 is 1. The van der Waals surface area contributed by atoms with Gasteiger partial charge < -0.3 is 68.6 Å². The topological polar surface area (TPSA) is 217 Å². The standard InChI is InChI=1S/C22H38O14.2Na/c1-3-11-13(6-33-9-17(23)24)35-16(22(30)19(11)27)8-32-4-12-14(7-34-10-18(25)26)36-15(5-31-2)21(29)20(12)28;;/h11-16,19-22,27-30H,3-10H2,1-2H3,(H,23,24)(H,25,26);;/q;2*+1/p-2/t11-,12+,13?,14?,15+,16-,19-,20?,21?,22?;;/m0../s1. The number of hydrogen-bond donors (Lipinski definition) is 4. The van der Waals surface area contributed by atoms with E-state index in [0.717, 1.165) is 0 Å². The van der Waals surface area contributed by atoms with Crippen molar-refractivity contribution < 1.29 is 128 Å². The van der Waals surface area contributed by atoms with Crippen LogP contribution in [0, 0.1) is 11.8 Å². The number of carboxylic acid groups (broad SMARTS) is 2. The molecular weight excluding hydrogens is 534 g/mol. The van der Waals surface area contributed by atoms with Crippen molar-refractivity contribution in [2.45, 2.75) is 62.2 Å². The number of rotatable bonds is 15. The van der Waals surface area contributed by atoms with Gasteiger partial charge >= 0.3 is 59.1 Å². The SMILES string of the molecule is CC[C@H]1C(COCC(=O)[O-])O[C@@H](COC[C@@H]2C(COCC(=O)[O-])O[C@H](COC)C(O)C2O)C(O)[C@H]1O.[Na+].[Na+]. The van der Waals surface area contributed by atoms with Crippen LogP contribution in [0.5, 0.6) is 0 Å². The van der Waals surface area contributed by atoms with Crippen LogP contribution in [0.4, 0.5) is 0 Å². The fraction of sp³-hybridized carbons (Fsp3) is 0.909. The molecule has 10 atom stereocenters. The molecule has 0 amide bonds. The average molecular weight is 570 g/mol. The van der Waals surface area contributed by atoms with Crippen LogP contribution in [0.3, 0.4) is 0 Å². The molecule has 0 aromatic carbocycles. The number of carbonyl (C=O) groups is 2. The number of aliphatic carboxylic acids is 2. The minimum Gasteiger partial charge on any atom is -0.548 e. The summed E-state index contributed by atoms with van der Waals surface area (Å²) in [5.74, 6) is -4.19. The molecule has 0 aliphatic carbocycles. The molecule has 38 heavy (non-hydrogen) atoms. The van der Waals surface area contributed by atoms with Gasteiger partial charge in [0.2, 0.25) is 0 Å². The Labute approximate surface area is 265 Å². The van der Waals surface area contributed by atoms with E-state index < -0.39 is 85.8 Å². The summed E-state index contributed by atoms with van der Waals surface area (Å²) in [6.07, 6.45) is -8.15. The van der Waals surface area contributed by atoms with Gasteiger partial charge in [0, 0.05) is 18.9 Å². The maximum absolute atomic E-state index is 10.7. The summed E-state index contributed by atoms with van der Waals surface area (Å²) in [5.41, 5.74) is 0. The van der Waals surface area contributed by atoms with E-state index in [1.165, 1.54) is 7.11 Å². The Balaban J connectivity index is 0.00000684. The molecule has 4 N–H and O–H groups in total. The van der Waals surface area contributed by atoms with Crippen LogP contribution in [0.2, 0.25) is 0 Å². The summed E-state index contributed by atoms with van der Waals surface area (Å²) in [4.78, 5) is 21.3. The quantitative estimate of drug-likeness (QED) is 0.135. The molecule has 0 saturated carbocycles. The minimum atomic E-state index is -1.43. The van der Waals surface area contributed by atoms with Crippen molar-refractivity contribution in [2.75, 3.05) is 53.4 Å². The van der Waals surface area contributed by atoms with E-state index in [1.54, 1.807) is 6.92 Å². The van der Waals surface area contributed by atoms with E-state index in [2.05, 4.69) is 0 Å². The van der Waals surface area contributed by atoms with Crippen LogP contribution in [-0.2, 0) is 38.0 Å². The smallest absolute Gasteiger partial charge is 0.548 e. The van der Waals surface area contributed by atoms with Crippen molar-refractivity contribution in [3.63, 3.8) is 0 Å². The third-order valence-corrected chi connectivity index (χ3v) is 6.39. The molecule has 14 nitrogen and oxygen atoms in total. The van der Waals surface area contributed by atoms with Crippen molar-refractivity contribution in [2.24, 2.45) is 11.8 Å². The fourth-order valence-electron chi connectivity index (χ4n) is 4.51. The molecule has 2 fully saturated rings. The zero-order valence-electron chi connectivity index (χ0n) is 22.3. The minimum absolute atomic E-state index is 0. The predicted octanol–water partition coefficient (Wildman–Crippen LogP) is -11.2. The molecule has 0 bridgehead atoms. The number of aliphatic hydroxyl groups excluding tert-OH is 4. The van der Waals surface area contributed by atoms with Crippen molar-refractivity contribution in [3.8, 4) is 0 Å². The van der Waals surface area contributed by atoms with E-state index in [1.807, 2.05) is 0 Å². The Morgan fingerprint density at radius 1 is 0.658 bits per heavy atom. The number of hydrogen-bond acceptors (Lipinski definition) is 14. The third kappa shape index (κ3) is 11.4. The van der Waals surface area contributed by atoms with Crippen molar-refractivity contribution >= 4 is 11.9 Å². The number of carboxylic acids is 2. The van der Waals surface area contributed by atoms with Gasteiger partial charge in [0.25, 0.3) is 0 Å². The zero-order chi connectivity index (χ0) is 26.8. The second-order valence-electron chi connectivity index (χ2n) is 8.89. The van der Waals surface area contributed by atoms with Crippen LogP contribution in [0.25, 0.3) is 0 Å². The van der Waals surface area contributed by atoms with E-state index in [9.17, 15) is 40.2 Å². The molecule has 5 unspecified atom stereocenters. The Morgan fingerprint density at radius 2 is 1.08 bits per heavy atom. The summed E-state index contributed by atoms with van der Waals surface area (Å²) in [6.45, 7) is -0.382. The molecule has 2 heterocycles. The zero-order valence-corrected chi connectivity index (χ0v) is 26.3.